The second kappa shape index (κ2) is 19.8. The van der Waals surface area contributed by atoms with Crippen LogP contribution >= 0.6 is 0 Å². The fourth-order valence-electron chi connectivity index (χ4n) is 5.97. The Balaban J connectivity index is 1.32. The molecule has 0 aliphatic heterocycles. The maximum Gasteiger partial charge on any atom is 0.407 e. The minimum absolute atomic E-state index is 0.00407. The lowest BCUT2D eigenvalue weighted by atomic mass is 9.98. The lowest BCUT2D eigenvalue weighted by Gasteiger charge is -2.19. The molecule has 3 N–H and O–H groups in total. The highest BCUT2D eigenvalue weighted by atomic mass is 16.5. The summed E-state index contributed by atoms with van der Waals surface area (Å²) in [4.78, 5) is 36.8. The topological polar surface area (TPSA) is 105 Å². The third kappa shape index (κ3) is 12.0. The van der Waals surface area contributed by atoms with E-state index in [0.717, 1.165) is 41.5 Å². The first-order valence-corrected chi connectivity index (χ1v) is 16.6. The molecule has 236 valence electrons. The maximum atomic E-state index is 12.8. The number of carbonyl (C=O) groups excluding carboxylic acids is 2. The van der Waals surface area contributed by atoms with Crippen molar-refractivity contribution < 1.29 is 24.2 Å². The van der Waals surface area contributed by atoms with Crippen LogP contribution in [0.15, 0.2) is 48.5 Å². The third-order valence-electron chi connectivity index (χ3n) is 8.43. The summed E-state index contributed by atoms with van der Waals surface area (Å²) >= 11 is 0. The molecular formula is C36H52N2O5. The predicted octanol–water partition coefficient (Wildman–Crippen LogP) is 8.36. The van der Waals surface area contributed by atoms with Crippen molar-refractivity contribution in [2.24, 2.45) is 0 Å². The molecule has 0 bridgehead atoms. The van der Waals surface area contributed by atoms with Gasteiger partial charge in [0.1, 0.15) is 12.6 Å². The normalized spacial score (nSPS) is 12.8. The number of alkyl carbamates (subject to hydrolysis) is 1. The van der Waals surface area contributed by atoms with E-state index in [1.807, 2.05) is 36.4 Å². The zero-order valence-electron chi connectivity index (χ0n) is 26.1. The fourth-order valence-corrected chi connectivity index (χ4v) is 5.97. The van der Waals surface area contributed by atoms with Gasteiger partial charge in [-0.05, 0) is 35.1 Å². The highest BCUT2D eigenvalue weighted by molar-refractivity contribution is 5.86. The predicted molar refractivity (Wildman–Crippen MR) is 172 cm³/mol. The zero-order chi connectivity index (χ0) is 30.7. The molecule has 7 heteroatoms. The molecule has 0 fully saturated rings. The molecule has 0 spiro atoms. The zero-order valence-corrected chi connectivity index (χ0v) is 26.1. The molecule has 1 atom stereocenters. The number of rotatable bonds is 22. The molecule has 1 aliphatic carbocycles. The van der Waals surface area contributed by atoms with Crippen LogP contribution in [0.3, 0.4) is 0 Å². The van der Waals surface area contributed by atoms with Gasteiger partial charge in [0.15, 0.2) is 0 Å². The number of fused-ring (bicyclic) bond motifs is 3. The first-order valence-electron chi connectivity index (χ1n) is 16.6. The van der Waals surface area contributed by atoms with E-state index in [1.165, 1.54) is 70.6 Å². The van der Waals surface area contributed by atoms with Gasteiger partial charge < -0.3 is 20.5 Å². The van der Waals surface area contributed by atoms with Crippen LogP contribution in [0.4, 0.5) is 4.79 Å². The summed E-state index contributed by atoms with van der Waals surface area (Å²) in [6.45, 7) is 2.89. The Morgan fingerprint density at radius 1 is 0.744 bits per heavy atom. The Morgan fingerprint density at radius 3 is 1.74 bits per heavy atom. The quantitative estimate of drug-likeness (QED) is 0.119. The van der Waals surface area contributed by atoms with Gasteiger partial charge in [-0.3, -0.25) is 9.59 Å². The lowest BCUT2D eigenvalue weighted by molar-refractivity contribution is -0.137. The summed E-state index contributed by atoms with van der Waals surface area (Å²) in [5.74, 6) is -1.48. The van der Waals surface area contributed by atoms with E-state index in [0.29, 0.717) is 6.54 Å². The Bertz CT molecular complexity index is 1090. The molecule has 2 aromatic rings. The molecule has 2 aromatic carbocycles. The van der Waals surface area contributed by atoms with Crippen LogP contribution < -0.4 is 10.6 Å². The molecule has 1 unspecified atom stereocenters. The standard InChI is InChI=1S/C36H52N2O5/c1-2-3-4-5-6-7-8-9-10-11-12-13-14-19-26-37-35(41)33(24-25-34(39)40)38-36(42)43-27-32-30-22-17-15-20-28(30)29-21-16-18-23-31(29)32/h15-18,20-23,32-33H,2-14,19,24-27H2,1H3,(H,37,41)(H,38,42)(H,39,40). The molecule has 2 amide bonds. The van der Waals surface area contributed by atoms with Crippen molar-refractivity contribution in [3.8, 4) is 11.1 Å². The largest absolute Gasteiger partial charge is 0.481 e. The van der Waals surface area contributed by atoms with Crippen LogP contribution in [0.5, 0.6) is 0 Å². The van der Waals surface area contributed by atoms with E-state index in [-0.39, 0.29) is 31.3 Å². The van der Waals surface area contributed by atoms with Crippen LogP contribution in [0, 0.1) is 0 Å². The second-order valence-electron chi connectivity index (χ2n) is 11.8. The van der Waals surface area contributed by atoms with Crippen molar-refractivity contribution in [2.75, 3.05) is 13.2 Å². The Kier molecular flexibility index (Phi) is 15.7. The van der Waals surface area contributed by atoms with Gasteiger partial charge in [-0.25, -0.2) is 4.79 Å². The number of aliphatic carboxylic acids is 1. The number of unbranched alkanes of at least 4 members (excludes halogenated alkanes) is 13. The van der Waals surface area contributed by atoms with Crippen molar-refractivity contribution in [1.29, 1.82) is 0 Å². The van der Waals surface area contributed by atoms with Gasteiger partial charge in [-0.2, -0.15) is 0 Å². The molecular weight excluding hydrogens is 540 g/mol. The number of carboxylic acids is 1. The van der Waals surface area contributed by atoms with Crippen LogP contribution in [0.1, 0.15) is 127 Å². The number of ether oxygens (including phenoxy) is 1. The van der Waals surface area contributed by atoms with Crippen LogP contribution in [0.2, 0.25) is 0 Å². The Hall–Kier alpha value is -3.35. The number of carbonyl (C=O) groups is 3. The Labute approximate surface area is 258 Å². The highest BCUT2D eigenvalue weighted by Gasteiger charge is 2.30. The molecule has 3 rings (SSSR count). The second-order valence-corrected chi connectivity index (χ2v) is 11.8. The molecule has 0 radical (unpaired) electrons. The number of benzene rings is 2. The van der Waals surface area contributed by atoms with E-state index < -0.39 is 18.1 Å². The number of hydrogen-bond donors (Lipinski definition) is 3. The van der Waals surface area contributed by atoms with Crippen molar-refractivity contribution in [1.82, 2.24) is 10.6 Å². The molecule has 43 heavy (non-hydrogen) atoms. The van der Waals surface area contributed by atoms with Crippen molar-refractivity contribution in [3.05, 3.63) is 59.7 Å². The molecule has 0 saturated heterocycles. The van der Waals surface area contributed by atoms with Crippen molar-refractivity contribution in [2.45, 2.75) is 122 Å². The highest BCUT2D eigenvalue weighted by Crippen LogP contribution is 2.44. The first-order chi connectivity index (χ1) is 21.0. The molecule has 1 aliphatic rings. The Morgan fingerprint density at radius 2 is 1.23 bits per heavy atom. The van der Waals surface area contributed by atoms with Gasteiger partial charge in [0.25, 0.3) is 0 Å². The van der Waals surface area contributed by atoms with Gasteiger partial charge in [0.2, 0.25) is 5.91 Å². The minimum atomic E-state index is -1.01. The van der Waals surface area contributed by atoms with Gasteiger partial charge in [-0.1, -0.05) is 139 Å². The van der Waals surface area contributed by atoms with E-state index in [2.05, 4.69) is 29.7 Å². The summed E-state index contributed by atoms with van der Waals surface area (Å²) in [7, 11) is 0. The van der Waals surface area contributed by atoms with E-state index >= 15 is 0 Å². The number of hydrogen-bond acceptors (Lipinski definition) is 4. The molecule has 0 saturated carbocycles. The monoisotopic (exact) mass is 592 g/mol. The molecule has 0 aromatic heterocycles. The fraction of sp³-hybridized carbons (Fsp3) is 0.583. The van der Waals surface area contributed by atoms with E-state index in [1.54, 1.807) is 0 Å². The van der Waals surface area contributed by atoms with Gasteiger partial charge in [-0.15, -0.1) is 0 Å². The minimum Gasteiger partial charge on any atom is -0.481 e. The van der Waals surface area contributed by atoms with Gasteiger partial charge in [0.05, 0.1) is 0 Å². The SMILES string of the molecule is CCCCCCCCCCCCCCCCNC(=O)C(CCC(=O)O)NC(=O)OCC1c2ccccc2-c2ccccc21. The van der Waals surface area contributed by atoms with Gasteiger partial charge >= 0.3 is 12.1 Å². The summed E-state index contributed by atoms with van der Waals surface area (Å²) < 4.78 is 5.58. The van der Waals surface area contributed by atoms with Crippen molar-refractivity contribution >= 4 is 18.0 Å². The average Bonchev–Trinajstić information content (AvgIpc) is 3.33. The maximum absolute atomic E-state index is 12.8. The average molecular weight is 593 g/mol. The lowest BCUT2D eigenvalue weighted by Crippen LogP contribution is -2.47. The number of carboxylic acid groups (broad SMARTS) is 1. The van der Waals surface area contributed by atoms with E-state index in [4.69, 9.17) is 9.84 Å². The third-order valence-corrected chi connectivity index (χ3v) is 8.43. The first kappa shape index (κ1) is 34.1. The number of nitrogens with one attached hydrogen (secondary N) is 2. The molecule has 7 nitrogen and oxygen atoms in total. The summed E-state index contributed by atoms with van der Waals surface area (Å²) in [6, 6.07) is 15.2. The smallest absolute Gasteiger partial charge is 0.407 e. The van der Waals surface area contributed by atoms with Crippen LogP contribution in [-0.4, -0.2) is 42.3 Å². The van der Waals surface area contributed by atoms with Crippen LogP contribution in [-0.2, 0) is 14.3 Å². The molecule has 0 heterocycles. The van der Waals surface area contributed by atoms with Gasteiger partial charge in [0, 0.05) is 18.9 Å². The van der Waals surface area contributed by atoms with Crippen LogP contribution in [0.25, 0.3) is 11.1 Å². The van der Waals surface area contributed by atoms with Crippen molar-refractivity contribution in [3.63, 3.8) is 0 Å². The van der Waals surface area contributed by atoms with E-state index in [9.17, 15) is 14.4 Å². The summed E-state index contributed by atoms with van der Waals surface area (Å²) in [6.07, 6.45) is 16.8. The summed E-state index contributed by atoms with van der Waals surface area (Å²) in [5.41, 5.74) is 4.47. The summed E-state index contributed by atoms with van der Waals surface area (Å²) in [5, 5.41) is 14.6. The number of amides is 2.